The van der Waals surface area contributed by atoms with Gasteiger partial charge >= 0.3 is 0 Å². The van der Waals surface area contributed by atoms with Crippen LogP contribution in [0.3, 0.4) is 0 Å². The summed E-state index contributed by atoms with van der Waals surface area (Å²) in [5.74, 6) is -0.201. The predicted molar refractivity (Wildman–Crippen MR) is 71.5 cm³/mol. The van der Waals surface area contributed by atoms with E-state index in [-0.39, 0.29) is 5.71 Å². The van der Waals surface area contributed by atoms with E-state index >= 15 is 0 Å². The number of halogens is 1. The molecular weight excluding hydrogens is 259 g/mol. The average Bonchev–Trinajstić information content (AvgIpc) is 3.02. The van der Waals surface area contributed by atoms with E-state index in [9.17, 15) is 4.39 Å². The molecule has 0 radical (unpaired) electrons. The number of aromatic nitrogens is 4. The van der Waals surface area contributed by atoms with Gasteiger partial charge in [-0.05, 0) is 24.3 Å². The molecule has 0 aliphatic rings. The van der Waals surface area contributed by atoms with Crippen LogP contribution in [-0.4, -0.2) is 19.5 Å². The van der Waals surface area contributed by atoms with E-state index in [4.69, 9.17) is 4.42 Å². The zero-order chi connectivity index (χ0) is 13.7. The van der Waals surface area contributed by atoms with Crippen LogP contribution in [0.25, 0.3) is 33.7 Å². The fourth-order valence-corrected chi connectivity index (χ4v) is 2.19. The Kier molecular flexibility index (Phi) is 2.14. The van der Waals surface area contributed by atoms with Crippen LogP contribution in [0, 0.1) is 5.95 Å². The third-order valence-corrected chi connectivity index (χ3v) is 3.18. The number of nitrogens with zero attached hydrogens (tertiary/aromatic N) is 4. The first kappa shape index (κ1) is 11.1. The first-order chi connectivity index (χ1) is 9.70. The highest BCUT2D eigenvalue weighted by atomic mass is 19.1. The van der Waals surface area contributed by atoms with Crippen molar-refractivity contribution in [2.45, 2.75) is 0 Å². The first-order valence-electron chi connectivity index (χ1n) is 6.05. The Bertz CT molecular complexity index is 941. The lowest BCUT2D eigenvalue weighted by atomic mass is 10.2. The smallest absolute Gasteiger partial charge is 0.250 e. The molecule has 6 heteroatoms. The van der Waals surface area contributed by atoms with Crippen molar-refractivity contribution in [2.24, 2.45) is 7.05 Å². The summed E-state index contributed by atoms with van der Waals surface area (Å²) in [5, 5.41) is 0.992. The standard InChI is InChI=1S/C14H9FN4O/c1-19-5-4-8-6-9(7-16-12(8)19)13-17-10-2-3-11(15)18-14(10)20-13/h2-7H,1H3. The number of hydrogen-bond donors (Lipinski definition) is 0. The van der Waals surface area contributed by atoms with Gasteiger partial charge in [0.2, 0.25) is 17.6 Å². The van der Waals surface area contributed by atoms with Crippen molar-refractivity contribution in [3.05, 3.63) is 42.6 Å². The van der Waals surface area contributed by atoms with Crippen LogP contribution in [0.15, 0.2) is 41.1 Å². The molecular formula is C14H9FN4O. The molecule has 0 unspecified atom stereocenters. The van der Waals surface area contributed by atoms with Gasteiger partial charge in [0.1, 0.15) is 11.2 Å². The Balaban J connectivity index is 1.91. The summed E-state index contributed by atoms with van der Waals surface area (Å²) in [7, 11) is 1.93. The molecule has 5 nitrogen and oxygen atoms in total. The highest BCUT2D eigenvalue weighted by Gasteiger charge is 2.11. The van der Waals surface area contributed by atoms with E-state index in [1.54, 1.807) is 12.3 Å². The van der Waals surface area contributed by atoms with Gasteiger partial charge in [-0.3, -0.25) is 0 Å². The summed E-state index contributed by atoms with van der Waals surface area (Å²) in [4.78, 5) is 12.3. The summed E-state index contributed by atoms with van der Waals surface area (Å²) >= 11 is 0. The Morgan fingerprint density at radius 1 is 1.20 bits per heavy atom. The van der Waals surface area contributed by atoms with Crippen LogP contribution < -0.4 is 0 Å². The summed E-state index contributed by atoms with van der Waals surface area (Å²) < 4.78 is 20.5. The molecule has 20 heavy (non-hydrogen) atoms. The zero-order valence-corrected chi connectivity index (χ0v) is 10.5. The molecule has 0 amide bonds. The van der Waals surface area contributed by atoms with Crippen LogP contribution in [-0.2, 0) is 7.05 Å². The quantitative estimate of drug-likeness (QED) is 0.498. The van der Waals surface area contributed by atoms with Crippen molar-refractivity contribution in [3.63, 3.8) is 0 Å². The lowest BCUT2D eigenvalue weighted by molar-refractivity contribution is 0.559. The maximum atomic E-state index is 13.0. The molecule has 0 saturated heterocycles. The van der Waals surface area contributed by atoms with E-state index in [0.29, 0.717) is 11.4 Å². The molecule has 4 rings (SSSR count). The number of pyridine rings is 2. The second kappa shape index (κ2) is 3.86. The van der Waals surface area contributed by atoms with Crippen molar-refractivity contribution in [1.82, 2.24) is 19.5 Å². The van der Waals surface area contributed by atoms with Crippen molar-refractivity contribution >= 4 is 22.3 Å². The molecule has 4 aromatic rings. The van der Waals surface area contributed by atoms with Crippen LogP contribution in [0.4, 0.5) is 4.39 Å². The van der Waals surface area contributed by atoms with Gasteiger partial charge in [0.25, 0.3) is 0 Å². The maximum absolute atomic E-state index is 13.0. The van der Waals surface area contributed by atoms with Gasteiger partial charge in [-0.2, -0.15) is 9.37 Å². The topological polar surface area (TPSA) is 56.7 Å². The van der Waals surface area contributed by atoms with Crippen LogP contribution in [0.5, 0.6) is 0 Å². The van der Waals surface area contributed by atoms with E-state index in [1.807, 2.05) is 29.9 Å². The molecule has 0 saturated carbocycles. The Morgan fingerprint density at radius 3 is 3.00 bits per heavy atom. The highest BCUT2D eigenvalue weighted by molar-refractivity contribution is 5.81. The van der Waals surface area contributed by atoms with Gasteiger partial charge in [-0.1, -0.05) is 0 Å². The van der Waals surface area contributed by atoms with Crippen molar-refractivity contribution < 1.29 is 8.81 Å². The summed E-state index contributed by atoms with van der Waals surface area (Å²) in [6, 6.07) is 6.70. The summed E-state index contributed by atoms with van der Waals surface area (Å²) in [6.45, 7) is 0. The van der Waals surface area contributed by atoms with Crippen molar-refractivity contribution in [1.29, 1.82) is 0 Å². The monoisotopic (exact) mass is 268 g/mol. The molecule has 0 spiro atoms. The largest absolute Gasteiger partial charge is 0.418 e. The van der Waals surface area contributed by atoms with Gasteiger partial charge in [0, 0.05) is 24.8 Å². The highest BCUT2D eigenvalue weighted by Crippen LogP contribution is 2.25. The number of fused-ring (bicyclic) bond motifs is 2. The van der Waals surface area contributed by atoms with Crippen LogP contribution in [0.2, 0.25) is 0 Å². The van der Waals surface area contributed by atoms with E-state index in [0.717, 1.165) is 16.6 Å². The fourth-order valence-electron chi connectivity index (χ4n) is 2.19. The zero-order valence-electron chi connectivity index (χ0n) is 10.5. The second-order valence-electron chi connectivity index (χ2n) is 4.54. The second-order valence-corrected chi connectivity index (χ2v) is 4.54. The molecule has 0 aromatic carbocycles. The van der Waals surface area contributed by atoms with Gasteiger partial charge in [-0.15, -0.1) is 0 Å². The van der Waals surface area contributed by atoms with Crippen molar-refractivity contribution in [3.8, 4) is 11.5 Å². The van der Waals surface area contributed by atoms with Crippen LogP contribution >= 0.6 is 0 Å². The SMILES string of the molecule is Cn1ccc2cc(-c3nc4ccc(F)nc4o3)cnc21. The Labute approximate surface area is 112 Å². The van der Waals surface area contributed by atoms with Gasteiger partial charge in [-0.25, -0.2) is 9.97 Å². The first-order valence-corrected chi connectivity index (χ1v) is 6.05. The van der Waals surface area contributed by atoms with E-state index in [2.05, 4.69) is 15.0 Å². The van der Waals surface area contributed by atoms with E-state index in [1.165, 1.54) is 6.07 Å². The summed E-state index contributed by atoms with van der Waals surface area (Å²) in [5.41, 5.74) is 2.33. The van der Waals surface area contributed by atoms with Crippen molar-refractivity contribution in [2.75, 3.05) is 0 Å². The molecule has 0 bridgehead atoms. The number of aryl methyl sites for hydroxylation is 1. The molecule has 0 N–H and O–H groups in total. The Morgan fingerprint density at radius 2 is 2.10 bits per heavy atom. The minimum Gasteiger partial charge on any atom is -0.418 e. The minimum absolute atomic E-state index is 0.188. The minimum atomic E-state index is -0.586. The third-order valence-electron chi connectivity index (χ3n) is 3.18. The normalized spacial score (nSPS) is 11.5. The number of hydrogen-bond acceptors (Lipinski definition) is 4. The molecule has 0 aliphatic carbocycles. The average molecular weight is 268 g/mol. The molecule has 0 atom stereocenters. The molecule has 0 aliphatic heterocycles. The molecule has 98 valence electrons. The predicted octanol–water partition coefficient (Wildman–Crippen LogP) is 2.92. The Hall–Kier alpha value is -2.76. The van der Waals surface area contributed by atoms with E-state index < -0.39 is 5.95 Å². The summed E-state index contributed by atoms with van der Waals surface area (Å²) in [6.07, 6.45) is 3.62. The molecule has 0 fully saturated rings. The van der Waals surface area contributed by atoms with Crippen LogP contribution in [0.1, 0.15) is 0 Å². The van der Waals surface area contributed by atoms with Gasteiger partial charge in [0.15, 0.2) is 0 Å². The lowest BCUT2D eigenvalue weighted by Gasteiger charge is -1.97. The third kappa shape index (κ3) is 1.58. The maximum Gasteiger partial charge on any atom is 0.250 e. The van der Waals surface area contributed by atoms with Gasteiger partial charge in [0.05, 0.1) is 5.56 Å². The number of oxazole rings is 1. The fraction of sp³-hybridized carbons (Fsp3) is 0.0714. The lowest BCUT2D eigenvalue weighted by Crippen LogP contribution is -1.88. The molecule has 4 aromatic heterocycles. The number of rotatable bonds is 1. The van der Waals surface area contributed by atoms with Gasteiger partial charge < -0.3 is 8.98 Å². The molecule has 4 heterocycles.